The van der Waals surface area contributed by atoms with E-state index in [0.717, 1.165) is 17.5 Å². The van der Waals surface area contributed by atoms with Gasteiger partial charge in [0.15, 0.2) is 11.6 Å². The van der Waals surface area contributed by atoms with E-state index in [1.54, 1.807) is 24.5 Å². The van der Waals surface area contributed by atoms with Crippen molar-refractivity contribution in [2.45, 2.75) is 12.5 Å². The Morgan fingerprint density at radius 3 is 2.81 bits per heavy atom. The SMILES string of the molecule is Nc1noc2c(N3CC[C@@H](NC(=O)c4ccc(-c5ccnnc5)cc4Cl)C3)ncc(Cl)c12. The molecule has 0 unspecified atom stereocenters. The maximum atomic E-state index is 12.9. The standard InChI is InChI=1S/C21H17Cl2N7O2/c22-15-7-11(12-3-5-26-27-8-12)1-2-14(15)21(31)28-13-4-6-30(10-13)20-18-17(16(23)9-25-20)19(24)29-32-18/h1-3,5,7-9,13H,4,6,10H2,(H2,24,29)(H,28,31)/t13-/m1/s1. The number of nitrogens with zero attached hydrogens (tertiary/aromatic N) is 5. The summed E-state index contributed by atoms with van der Waals surface area (Å²) in [7, 11) is 0. The van der Waals surface area contributed by atoms with Gasteiger partial charge in [0, 0.05) is 30.9 Å². The number of anilines is 2. The fraction of sp³-hybridized carbons (Fsp3) is 0.190. The number of pyridine rings is 1. The molecule has 1 amide bonds. The van der Waals surface area contributed by atoms with Crippen molar-refractivity contribution in [2.75, 3.05) is 23.7 Å². The van der Waals surface area contributed by atoms with Crippen molar-refractivity contribution in [1.82, 2.24) is 25.7 Å². The number of hydrogen-bond donors (Lipinski definition) is 2. The molecule has 1 aliphatic rings. The molecule has 1 aliphatic heterocycles. The molecular formula is C21H17Cl2N7O2. The van der Waals surface area contributed by atoms with E-state index >= 15 is 0 Å². The Morgan fingerprint density at radius 2 is 2.03 bits per heavy atom. The minimum Gasteiger partial charge on any atom is -0.380 e. The third-order valence-electron chi connectivity index (χ3n) is 5.41. The molecule has 1 fully saturated rings. The molecule has 4 aromatic rings. The van der Waals surface area contributed by atoms with Crippen molar-refractivity contribution in [3.63, 3.8) is 0 Å². The second-order valence-electron chi connectivity index (χ2n) is 7.43. The smallest absolute Gasteiger partial charge is 0.253 e. The number of benzene rings is 1. The van der Waals surface area contributed by atoms with Crippen molar-refractivity contribution in [2.24, 2.45) is 0 Å². The number of amides is 1. The lowest BCUT2D eigenvalue weighted by molar-refractivity contribution is 0.0940. The summed E-state index contributed by atoms with van der Waals surface area (Å²) >= 11 is 12.6. The zero-order valence-electron chi connectivity index (χ0n) is 16.6. The van der Waals surface area contributed by atoms with Gasteiger partial charge < -0.3 is 20.5 Å². The van der Waals surface area contributed by atoms with Crippen molar-refractivity contribution < 1.29 is 9.32 Å². The lowest BCUT2D eigenvalue weighted by Crippen LogP contribution is -2.37. The molecule has 11 heteroatoms. The van der Waals surface area contributed by atoms with E-state index in [2.05, 4.69) is 25.7 Å². The predicted octanol–water partition coefficient (Wildman–Crippen LogP) is 3.58. The molecule has 3 aromatic heterocycles. The molecule has 9 nitrogen and oxygen atoms in total. The monoisotopic (exact) mass is 469 g/mol. The zero-order chi connectivity index (χ0) is 22.2. The maximum Gasteiger partial charge on any atom is 0.253 e. The summed E-state index contributed by atoms with van der Waals surface area (Å²) in [5, 5.41) is 15.8. The molecule has 4 heterocycles. The molecule has 5 rings (SSSR count). The van der Waals surface area contributed by atoms with Crippen LogP contribution in [0.25, 0.3) is 22.1 Å². The lowest BCUT2D eigenvalue weighted by Gasteiger charge is -2.18. The van der Waals surface area contributed by atoms with Crippen molar-refractivity contribution in [3.8, 4) is 11.1 Å². The highest BCUT2D eigenvalue weighted by atomic mass is 35.5. The quantitative estimate of drug-likeness (QED) is 0.464. The summed E-state index contributed by atoms with van der Waals surface area (Å²) in [4.78, 5) is 19.3. The Hall–Kier alpha value is -3.43. The van der Waals surface area contributed by atoms with E-state index in [0.29, 0.717) is 45.5 Å². The topological polar surface area (TPSA) is 123 Å². The number of halogens is 2. The first kappa shape index (κ1) is 20.5. The van der Waals surface area contributed by atoms with Gasteiger partial charge >= 0.3 is 0 Å². The van der Waals surface area contributed by atoms with Crippen LogP contribution >= 0.6 is 23.2 Å². The van der Waals surface area contributed by atoms with Crippen LogP contribution in [0.15, 0.2) is 47.4 Å². The van der Waals surface area contributed by atoms with Crippen LogP contribution in [-0.2, 0) is 0 Å². The fourth-order valence-corrected chi connectivity index (χ4v) is 4.32. The molecular weight excluding hydrogens is 453 g/mol. The number of carbonyl (C=O) groups excluding carboxylic acids is 1. The summed E-state index contributed by atoms with van der Waals surface area (Å²) in [5.74, 6) is 0.580. The zero-order valence-corrected chi connectivity index (χ0v) is 18.1. The van der Waals surface area contributed by atoms with Gasteiger partial charge in [-0.3, -0.25) is 4.79 Å². The summed E-state index contributed by atoms with van der Waals surface area (Å²) in [6, 6.07) is 7.03. The van der Waals surface area contributed by atoms with E-state index in [4.69, 9.17) is 33.5 Å². The number of hydrogen-bond acceptors (Lipinski definition) is 8. The average Bonchev–Trinajstić information content (AvgIpc) is 3.42. The van der Waals surface area contributed by atoms with Crippen LogP contribution in [0.3, 0.4) is 0 Å². The van der Waals surface area contributed by atoms with Crippen LogP contribution in [0.1, 0.15) is 16.8 Å². The van der Waals surface area contributed by atoms with Crippen molar-refractivity contribution in [3.05, 3.63) is 58.5 Å². The van der Waals surface area contributed by atoms with Gasteiger partial charge in [0.2, 0.25) is 5.58 Å². The first-order valence-corrected chi connectivity index (χ1v) is 10.6. The Labute approximate surface area is 192 Å². The molecule has 1 aromatic carbocycles. The normalized spacial score (nSPS) is 15.9. The highest BCUT2D eigenvalue weighted by Gasteiger charge is 2.29. The summed E-state index contributed by atoms with van der Waals surface area (Å²) in [5.41, 5.74) is 8.43. The van der Waals surface area contributed by atoms with Crippen molar-refractivity contribution >= 4 is 51.7 Å². The molecule has 0 radical (unpaired) electrons. The molecule has 32 heavy (non-hydrogen) atoms. The Morgan fingerprint density at radius 1 is 1.16 bits per heavy atom. The maximum absolute atomic E-state index is 12.9. The van der Waals surface area contributed by atoms with Gasteiger partial charge in [-0.1, -0.05) is 34.4 Å². The molecule has 1 saturated heterocycles. The van der Waals surface area contributed by atoms with E-state index < -0.39 is 0 Å². The number of nitrogens with two attached hydrogens (primary N) is 1. The number of fused-ring (bicyclic) bond motifs is 1. The number of carbonyl (C=O) groups is 1. The number of nitrogens with one attached hydrogen (secondary N) is 1. The first-order chi connectivity index (χ1) is 15.5. The number of nitrogen functional groups attached to an aromatic ring is 1. The third kappa shape index (κ3) is 3.69. The molecule has 0 spiro atoms. The number of aromatic nitrogens is 4. The Balaban J connectivity index is 1.30. The second-order valence-corrected chi connectivity index (χ2v) is 8.25. The summed E-state index contributed by atoms with van der Waals surface area (Å²) < 4.78 is 5.35. The Kier molecular flexibility index (Phi) is 5.28. The largest absolute Gasteiger partial charge is 0.380 e. The van der Waals surface area contributed by atoms with Crippen LogP contribution in [0, 0.1) is 0 Å². The van der Waals surface area contributed by atoms with E-state index in [-0.39, 0.29) is 17.8 Å². The van der Waals surface area contributed by atoms with Crippen molar-refractivity contribution in [1.29, 1.82) is 0 Å². The van der Waals surface area contributed by atoms with Gasteiger partial charge in [0.1, 0.15) is 0 Å². The molecule has 0 bridgehead atoms. The van der Waals surface area contributed by atoms with Gasteiger partial charge in [-0.05, 0) is 30.2 Å². The fourth-order valence-electron chi connectivity index (χ4n) is 3.83. The van der Waals surface area contributed by atoms with Crippen LogP contribution in [0.5, 0.6) is 0 Å². The van der Waals surface area contributed by atoms with Crippen LogP contribution in [0.2, 0.25) is 10.0 Å². The van der Waals surface area contributed by atoms with E-state index in [1.165, 1.54) is 6.20 Å². The first-order valence-electron chi connectivity index (χ1n) is 9.83. The average molecular weight is 470 g/mol. The summed E-state index contributed by atoms with van der Waals surface area (Å²) in [6.45, 7) is 1.23. The Bertz CT molecular complexity index is 1310. The van der Waals surface area contributed by atoms with Crippen LogP contribution < -0.4 is 16.0 Å². The molecule has 3 N–H and O–H groups in total. The van der Waals surface area contributed by atoms with Gasteiger partial charge in [0.05, 0.1) is 33.4 Å². The van der Waals surface area contributed by atoms with Gasteiger partial charge in [-0.25, -0.2) is 4.98 Å². The van der Waals surface area contributed by atoms with Crippen LogP contribution in [0.4, 0.5) is 11.6 Å². The second kappa shape index (κ2) is 8.25. The minimum atomic E-state index is -0.237. The van der Waals surface area contributed by atoms with Gasteiger partial charge in [0.25, 0.3) is 5.91 Å². The molecule has 162 valence electrons. The van der Waals surface area contributed by atoms with E-state index in [1.807, 2.05) is 17.0 Å². The lowest BCUT2D eigenvalue weighted by atomic mass is 10.1. The molecule has 1 atom stereocenters. The molecule has 0 saturated carbocycles. The van der Waals surface area contributed by atoms with Crippen LogP contribution in [-0.4, -0.2) is 45.4 Å². The highest BCUT2D eigenvalue weighted by Crippen LogP contribution is 2.35. The van der Waals surface area contributed by atoms with E-state index in [9.17, 15) is 4.79 Å². The summed E-state index contributed by atoms with van der Waals surface area (Å²) in [6.07, 6.45) is 5.51. The van der Waals surface area contributed by atoms with Gasteiger partial charge in [-0.2, -0.15) is 10.2 Å². The minimum absolute atomic E-state index is 0.0876. The highest BCUT2D eigenvalue weighted by molar-refractivity contribution is 6.36. The molecule has 0 aliphatic carbocycles. The van der Waals surface area contributed by atoms with Gasteiger partial charge in [-0.15, -0.1) is 0 Å². The number of rotatable bonds is 4. The predicted molar refractivity (Wildman–Crippen MR) is 122 cm³/mol. The third-order valence-corrected chi connectivity index (χ3v) is 6.01.